The Morgan fingerprint density at radius 1 is 0.882 bits per heavy atom. The van der Waals surface area contributed by atoms with Crippen molar-refractivity contribution in [3.63, 3.8) is 0 Å². The van der Waals surface area contributed by atoms with E-state index in [2.05, 4.69) is 43.0 Å². The fourth-order valence-corrected chi connectivity index (χ4v) is 1.53. The highest BCUT2D eigenvalue weighted by Crippen LogP contribution is 2.06. The van der Waals surface area contributed by atoms with Crippen molar-refractivity contribution >= 4 is 19.9 Å². The van der Waals surface area contributed by atoms with Gasteiger partial charge in [-0.2, -0.15) is 0 Å². The Kier molecular flexibility index (Phi) is 9.04. The Balaban J connectivity index is 0.000000437. The molecule has 0 radical (unpaired) electrons. The smallest absolute Gasteiger partial charge is 0.418 e. The van der Waals surface area contributed by atoms with Crippen LogP contribution in [0.25, 0.3) is 0 Å². The van der Waals surface area contributed by atoms with E-state index < -0.39 is 7.25 Å². The van der Waals surface area contributed by atoms with Crippen LogP contribution in [0.1, 0.15) is 24.8 Å². The number of hydrogen-bond acceptors (Lipinski definition) is 0. The Hall–Kier alpha value is -0.645. The molecule has 0 saturated carbocycles. The van der Waals surface area contributed by atoms with Crippen molar-refractivity contribution in [1.29, 1.82) is 0 Å². The number of aryl methyl sites for hydroxylation is 1. The van der Waals surface area contributed by atoms with Crippen LogP contribution in [0.4, 0.5) is 17.3 Å². The second kappa shape index (κ2) is 9.39. The van der Waals surface area contributed by atoms with Crippen molar-refractivity contribution in [1.82, 2.24) is 0 Å². The lowest BCUT2D eigenvalue weighted by molar-refractivity contribution is 0.368. The predicted octanol–water partition coefficient (Wildman–Crippen LogP) is 3.71. The standard InChI is InChI=1S/C11H16S.BF4/c12-10-6-2-5-9-11-7-3-1-4-8-11;2-1(3,4)5/h1,3-4,7-8,12H,2,5-6,9-10H2;/q;-1/p+1. The largest absolute Gasteiger partial charge is 0.673 e. The molecule has 0 saturated heterocycles. The molecule has 0 bridgehead atoms. The van der Waals surface area contributed by atoms with Gasteiger partial charge in [-0.05, 0) is 43.9 Å². The van der Waals surface area contributed by atoms with Crippen molar-refractivity contribution in [3.05, 3.63) is 35.9 Å². The van der Waals surface area contributed by atoms with E-state index in [-0.39, 0.29) is 0 Å². The van der Waals surface area contributed by atoms with Gasteiger partial charge in [0.2, 0.25) is 0 Å². The lowest BCUT2D eigenvalue weighted by Gasteiger charge is -1.98. The summed E-state index contributed by atoms with van der Waals surface area (Å²) in [6, 6.07) is 10.7. The van der Waals surface area contributed by atoms with Crippen LogP contribution in [0.5, 0.6) is 0 Å². The van der Waals surface area contributed by atoms with Gasteiger partial charge in [0, 0.05) is 0 Å². The summed E-state index contributed by atoms with van der Waals surface area (Å²) in [4.78, 5) is 0. The van der Waals surface area contributed by atoms with E-state index >= 15 is 0 Å². The third-order valence-corrected chi connectivity index (χ3v) is 2.34. The van der Waals surface area contributed by atoms with Crippen LogP contribution >= 0.6 is 0 Å². The molecule has 0 atom stereocenters. The van der Waals surface area contributed by atoms with Gasteiger partial charge in [0.15, 0.2) is 0 Å². The molecule has 0 aliphatic rings. The molecule has 1 aromatic carbocycles. The molecule has 0 aromatic heterocycles. The Morgan fingerprint density at radius 3 is 1.88 bits per heavy atom. The van der Waals surface area contributed by atoms with Crippen molar-refractivity contribution in [3.8, 4) is 0 Å². The molecule has 6 heteroatoms. The quantitative estimate of drug-likeness (QED) is 0.330. The monoisotopic (exact) mass is 268 g/mol. The summed E-state index contributed by atoms with van der Waals surface area (Å²) in [6.45, 7) is 0. The summed E-state index contributed by atoms with van der Waals surface area (Å²) in [7, 11) is -6.00. The highest BCUT2D eigenvalue weighted by Gasteiger charge is 2.20. The van der Waals surface area contributed by atoms with Crippen LogP contribution in [0, 0.1) is 0 Å². The summed E-state index contributed by atoms with van der Waals surface area (Å²) >= 11 is 3.48. The Bertz CT molecular complexity index is 271. The van der Waals surface area contributed by atoms with Crippen LogP contribution in [-0.2, 0) is 19.0 Å². The predicted molar refractivity (Wildman–Crippen MR) is 69.2 cm³/mol. The molecule has 0 spiro atoms. The zero-order valence-corrected chi connectivity index (χ0v) is 10.5. The van der Waals surface area contributed by atoms with E-state index in [4.69, 9.17) is 0 Å². The van der Waals surface area contributed by atoms with Gasteiger partial charge in [-0.25, -0.2) is 0 Å². The fourth-order valence-electron chi connectivity index (χ4n) is 1.28. The van der Waals surface area contributed by atoms with Gasteiger partial charge in [0.05, 0.1) is 0 Å². The average Bonchev–Trinajstić information content (AvgIpc) is 2.24. The summed E-state index contributed by atoms with van der Waals surface area (Å²) < 4.78 is 39.0. The molecule has 1 rings (SSSR count). The van der Waals surface area contributed by atoms with E-state index in [0.717, 1.165) is 5.75 Å². The summed E-state index contributed by atoms with van der Waals surface area (Å²) in [5.41, 5.74) is 1.46. The molecule has 0 nitrogen and oxygen atoms in total. The molecular weight excluding hydrogens is 251 g/mol. The summed E-state index contributed by atoms with van der Waals surface area (Å²) in [5, 5.41) is 0. The third-order valence-electron chi connectivity index (χ3n) is 1.99. The lowest BCUT2D eigenvalue weighted by Crippen LogP contribution is -2.02. The molecule has 98 valence electrons. The van der Waals surface area contributed by atoms with Gasteiger partial charge in [-0.3, -0.25) is 0 Å². The van der Waals surface area contributed by atoms with Crippen LogP contribution in [0.2, 0.25) is 0 Å². The molecule has 0 N–H and O–H groups in total. The first-order valence-corrected chi connectivity index (χ1v) is 6.20. The second-order valence-electron chi connectivity index (χ2n) is 3.54. The lowest BCUT2D eigenvalue weighted by atomic mass is 10.1. The highest BCUT2D eigenvalue weighted by atomic mass is 32.1. The van der Waals surface area contributed by atoms with Crippen molar-refractivity contribution in [2.75, 3.05) is 5.75 Å². The van der Waals surface area contributed by atoms with Crippen LogP contribution in [-0.4, -0.2) is 13.0 Å². The highest BCUT2D eigenvalue weighted by molar-refractivity contribution is 7.58. The average molecular weight is 268 g/mol. The first-order valence-electron chi connectivity index (χ1n) is 5.49. The van der Waals surface area contributed by atoms with Gasteiger partial charge >= 0.3 is 7.25 Å². The molecular formula is C11H17BF4S. The minimum atomic E-state index is -6.00. The van der Waals surface area contributed by atoms with Gasteiger partial charge in [-0.1, -0.05) is 30.3 Å². The van der Waals surface area contributed by atoms with E-state index in [9.17, 15) is 17.3 Å². The van der Waals surface area contributed by atoms with E-state index in [1.165, 1.54) is 31.2 Å². The first-order chi connectivity index (χ1) is 7.93. The van der Waals surface area contributed by atoms with Crippen LogP contribution in [0.3, 0.4) is 0 Å². The zero-order valence-electron chi connectivity index (χ0n) is 9.51. The van der Waals surface area contributed by atoms with Gasteiger partial charge < -0.3 is 17.3 Å². The molecule has 0 unspecified atom stereocenters. The van der Waals surface area contributed by atoms with Crippen LogP contribution < -0.4 is 0 Å². The fraction of sp³-hybridized carbons (Fsp3) is 0.455. The maximum Gasteiger partial charge on any atom is 0.673 e. The zero-order chi connectivity index (χ0) is 13.1. The van der Waals surface area contributed by atoms with Crippen LogP contribution in [0.15, 0.2) is 30.3 Å². The maximum absolute atomic E-state index is 9.75. The maximum atomic E-state index is 9.75. The Labute approximate surface area is 105 Å². The van der Waals surface area contributed by atoms with E-state index in [0.29, 0.717) is 0 Å². The molecule has 1 aromatic rings. The topological polar surface area (TPSA) is 0 Å². The van der Waals surface area contributed by atoms with Gasteiger partial charge in [0.1, 0.15) is 5.75 Å². The van der Waals surface area contributed by atoms with E-state index in [1.54, 1.807) is 0 Å². The van der Waals surface area contributed by atoms with Crippen molar-refractivity contribution in [2.24, 2.45) is 0 Å². The minimum Gasteiger partial charge on any atom is -0.418 e. The first kappa shape index (κ1) is 16.4. The molecule has 0 fully saturated rings. The third kappa shape index (κ3) is 15.4. The number of unbranched alkanes of at least 4 members (excludes halogenated alkanes) is 2. The molecule has 0 aliphatic carbocycles. The number of halogens is 4. The molecule has 17 heavy (non-hydrogen) atoms. The second-order valence-corrected chi connectivity index (χ2v) is 4.04. The van der Waals surface area contributed by atoms with Crippen molar-refractivity contribution in [2.45, 2.75) is 25.7 Å². The summed E-state index contributed by atoms with van der Waals surface area (Å²) in [6.07, 6.45) is 5.17. The number of rotatable bonds is 5. The molecule has 0 heterocycles. The van der Waals surface area contributed by atoms with Gasteiger partial charge in [-0.15, -0.1) is 0 Å². The number of hydrogen-bond donors (Lipinski definition) is 0. The Morgan fingerprint density at radius 2 is 1.41 bits per heavy atom. The van der Waals surface area contributed by atoms with Gasteiger partial charge in [0.25, 0.3) is 0 Å². The normalized spacial score (nSPS) is 10.6. The molecule has 0 aliphatic heterocycles. The molecule has 0 amide bonds. The SMILES string of the molecule is F[B-](F)(F)F.[SH2+]CCCCCc1ccccc1. The number of benzene rings is 1. The van der Waals surface area contributed by atoms with Crippen molar-refractivity contribution < 1.29 is 17.3 Å². The minimum absolute atomic E-state index is 1.13. The summed E-state index contributed by atoms with van der Waals surface area (Å²) in [5.74, 6) is 1.13. The van der Waals surface area contributed by atoms with E-state index in [1.807, 2.05) is 0 Å².